The average molecular weight is 474 g/mol. The van der Waals surface area contributed by atoms with Crippen molar-refractivity contribution in [2.45, 2.75) is 50.7 Å². The third kappa shape index (κ3) is 4.42. The van der Waals surface area contributed by atoms with Crippen molar-refractivity contribution < 1.29 is 9.53 Å². The molecule has 2 saturated carbocycles. The van der Waals surface area contributed by atoms with Gasteiger partial charge in [-0.3, -0.25) is 5.10 Å². The van der Waals surface area contributed by atoms with Gasteiger partial charge in [0, 0.05) is 55.5 Å². The normalized spacial score (nSPS) is 22.9. The summed E-state index contributed by atoms with van der Waals surface area (Å²) in [7, 11) is 1.82. The van der Waals surface area contributed by atoms with E-state index < -0.39 is 0 Å². The Labute approximate surface area is 204 Å². The Morgan fingerprint density at radius 3 is 2.83 bits per heavy atom. The van der Waals surface area contributed by atoms with E-state index in [0.717, 1.165) is 42.5 Å². The maximum absolute atomic E-state index is 12.5. The first-order chi connectivity index (χ1) is 17.1. The highest BCUT2D eigenvalue weighted by molar-refractivity contribution is 5.67. The van der Waals surface area contributed by atoms with Crippen molar-refractivity contribution in [3.05, 3.63) is 59.9 Å². The molecular formula is C26H31N7O2. The number of rotatable bonds is 8. The van der Waals surface area contributed by atoms with Crippen LogP contribution in [-0.4, -0.2) is 57.3 Å². The average Bonchev–Trinajstić information content (AvgIpc) is 3.51. The van der Waals surface area contributed by atoms with Crippen LogP contribution in [0.5, 0.6) is 0 Å². The van der Waals surface area contributed by atoms with Gasteiger partial charge in [0.25, 0.3) is 0 Å². The molecule has 2 bridgehead atoms. The third-order valence-corrected chi connectivity index (χ3v) is 7.67. The molecule has 1 amide bonds. The van der Waals surface area contributed by atoms with E-state index in [1.165, 1.54) is 25.0 Å². The largest absolute Gasteiger partial charge is 0.445 e. The number of nitrogens with zero attached hydrogens (tertiary/aromatic N) is 5. The molecule has 2 aromatic heterocycles. The number of H-pyrrole nitrogens is 1. The molecule has 0 atom stereocenters. The second kappa shape index (κ2) is 8.87. The summed E-state index contributed by atoms with van der Waals surface area (Å²) in [6.45, 7) is 1.80. The van der Waals surface area contributed by atoms with Gasteiger partial charge in [-0.2, -0.15) is 10.1 Å². The number of benzene rings is 1. The van der Waals surface area contributed by atoms with Crippen molar-refractivity contribution in [1.82, 2.24) is 25.1 Å². The topological polar surface area (TPSA) is 99.3 Å². The number of hydrogen-bond acceptors (Lipinski definition) is 7. The number of carbonyl (C=O) groups excluding carboxylic acids is 1. The number of amides is 1. The Morgan fingerprint density at radius 2 is 2.06 bits per heavy atom. The van der Waals surface area contributed by atoms with Crippen LogP contribution in [0.15, 0.2) is 48.7 Å². The quantitative estimate of drug-likeness (QED) is 0.499. The lowest BCUT2D eigenvalue weighted by Gasteiger charge is -2.39. The molecule has 7 rings (SSSR count). The fourth-order valence-electron chi connectivity index (χ4n) is 5.61. The summed E-state index contributed by atoms with van der Waals surface area (Å²) in [5, 5.41) is 10.9. The Balaban J connectivity index is 1.05. The van der Waals surface area contributed by atoms with E-state index in [2.05, 4.69) is 31.5 Å². The van der Waals surface area contributed by atoms with Crippen LogP contribution in [0.25, 0.3) is 0 Å². The van der Waals surface area contributed by atoms with Crippen molar-refractivity contribution in [1.29, 1.82) is 0 Å². The first kappa shape index (κ1) is 21.9. The van der Waals surface area contributed by atoms with Gasteiger partial charge in [0.2, 0.25) is 5.95 Å². The first-order valence-electron chi connectivity index (χ1n) is 12.4. The SMILES string of the molecule is CN(CC12CC(C1)N(c1nccc(Nc3cc(C4CCC4)[nH]n3)n1)C2)C(=O)OCc1ccccc1. The summed E-state index contributed by atoms with van der Waals surface area (Å²) in [5.41, 5.74) is 2.25. The van der Waals surface area contributed by atoms with Gasteiger partial charge in [-0.1, -0.05) is 36.8 Å². The van der Waals surface area contributed by atoms with Gasteiger partial charge in [0.15, 0.2) is 5.82 Å². The predicted molar refractivity (Wildman–Crippen MR) is 133 cm³/mol. The van der Waals surface area contributed by atoms with Crippen molar-refractivity contribution in [2.75, 3.05) is 30.4 Å². The number of aromatic nitrogens is 4. The number of nitrogens with one attached hydrogen (secondary N) is 2. The Bertz CT molecular complexity index is 1190. The summed E-state index contributed by atoms with van der Waals surface area (Å²) in [4.78, 5) is 25.8. The molecule has 4 aliphatic rings. The van der Waals surface area contributed by atoms with E-state index in [1.807, 2.05) is 43.4 Å². The van der Waals surface area contributed by atoms with Crippen LogP contribution >= 0.6 is 0 Å². The molecule has 2 saturated heterocycles. The zero-order chi connectivity index (χ0) is 23.8. The van der Waals surface area contributed by atoms with Crippen LogP contribution in [0.3, 0.4) is 0 Å². The number of carbonyl (C=O) groups is 1. The predicted octanol–water partition coefficient (Wildman–Crippen LogP) is 4.45. The number of fused-ring (bicyclic) bond motifs is 1. The van der Waals surface area contributed by atoms with Crippen LogP contribution in [0.4, 0.5) is 22.4 Å². The van der Waals surface area contributed by atoms with Gasteiger partial charge in [-0.15, -0.1) is 0 Å². The van der Waals surface area contributed by atoms with Crippen molar-refractivity contribution in [2.24, 2.45) is 5.41 Å². The van der Waals surface area contributed by atoms with Crippen molar-refractivity contribution >= 4 is 23.7 Å². The van der Waals surface area contributed by atoms with E-state index in [0.29, 0.717) is 18.5 Å². The number of ether oxygens (including phenoxy) is 1. The van der Waals surface area contributed by atoms with Crippen molar-refractivity contribution in [3.8, 4) is 0 Å². The highest BCUT2D eigenvalue weighted by Crippen LogP contribution is 2.53. The summed E-state index contributed by atoms with van der Waals surface area (Å²) in [5.74, 6) is 2.86. The number of anilines is 3. The molecule has 0 unspecified atom stereocenters. The van der Waals surface area contributed by atoms with Crippen molar-refractivity contribution in [3.63, 3.8) is 0 Å². The van der Waals surface area contributed by atoms with Crippen LogP contribution in [0, 0.1) is 5.41 Å². The number of aromatic amines is 1. The van der Waals surface area contributed by atoms with E-state index in [4.69, 9.17) is 9.72 Å². The van der Waals surface area contributed by atoms with Gasteiger partial charge in [0.1, 0.15) is 12.4 Å². The molecule has 4 fully saturated rings. The zero-order valence-corrected chi connectivity index (χ0v) is 20.0. The molecule has 0 radical (unpaired) electrons. The second-order valence-electron chi connectivity index (χ2n) is 10.3. The maximum Gasteiger partial charge on any atom is 0.409 e. The third-order valence-electron chi connectivity index (χ3n) is 7.67. The number of hydrogen-bond donors (Lipinski definition) is 2. The fraction of sp³-hybridized carbons (Fsp3) is 0.462. The van der Waals surface area contributed by atoms with Gasteiger partial charge in [0.05, 0.1) is 0 Å². The van der Waals surface area contributed by atoms with E-state index >= 15 is 0 Å². The maximum atomic E-state index is 12.5. The summed E-state index contributed by atoms with van der Waals surface area (Å²) in [6, 6.07) is 14.1. The monoisotopic (exact) mass is 473 g/mol. The lowest BCUT2D eigenvalue weighted by Crippen LogP contribution is -2.44. The Kier molecular flexibility index (Phi) is 5.54. The van der Waals surface area contributed by atoms with Gasteiger partial charge < -0.3 is 19.9 Å². The second-order valence-corrected chi connectivity index (χ2v) is 10.3. The molecule has 3 aromatic rings. The van der Waals surface area contributed by atoms with Crippen LogP contribution < -0.4 is 10.2 Å². The first-order valence-corrected chi connectivity index (χ1v) is 12.4. The molecule has 4 heterocycles. The smallest absolute Gasteiger partial charge is 0.409 e. The molecule has 35 heavy (non-hydrogen) atoms. The van der Waals surface area contributed by atoms with Crippen LogP contribution in [0.1, 0.15) is 49.3 Å². The van der Waals surface area contributed by atoms with Crippen LogP contribution in [-0.2, 0) is 11.3 Å². The Morgan fingerprint density at radius 1 is 1.23 bits per heavy atom. The molecule has 0 spiro atoms. The summed E-state index contributed by atoms with van der Waals surface area (Å²) < 4.78 is 5.51. The highest BCUT2D eigenvalue weighted by Gasteiger charge is 2.56. The molecular weight excluding hydrogens is 442 g/mol. The summed E-state index contributed by atoms with van der Waals surface area (Å²) in [6.07, 6.45) is 7.34. The minimum Gasteiger partial charge on any atom is -0.445 e. The molecule has 2 aliphatic heterocycles. The minimum atomic E-state index is -0.284. The molecule has 1 aromatic carbocycles. The lowest BCUT2D eigenvalue weighted by molar-refractivity contribution is 0.0747. The van der Waals surface area contributed by atoms with Gasteiger partial charge in [-0.05, 0) is 37.3 Å². The van der Waals surface area contributed by atoms with E-state index in [1.54, 1.807) is 11.1 Å². The van der Waals surface area contributed by atoms with E-state index in [-0.39, 0.29) is 18.1 Å². The van der Waals surface area contributed by atoms with E-state index in [9.17, 15) is 4.79 Å². The minimum absolute atomic E-state index is 0.0673. The molecule has 182 valence electrons. The van der Waals surface area contributed by atoms with Crippen LogP contribution in [0.2, 0.25) is 0 Å². The highest BCUT2D eigenvalue weighted by atomic mass is 16.6. The standard InChI is InChI=1S/C26H31N7O2/c1-32(25(34)35-15-18-6-3-2-4-7-18)16-26-13-20(14-26)33(17-26)24-27-11-10-22(29-24)28-23-12-21(30-31-23)19-8-5-9-19/h2-4,6-7,10-12,19-20H,5,8-9,13-17H2,1H3,(H2,27,28,29,30,31). The molecule has 2 N–H and O–H groups in total. The molecule has 2 aliphatic carbocycles. The summed E-state index contributed by atoms with van der Waals surface area (Å²) >= 11 is 0. The lowest BCUT2D eigenvalue weighted by atomic mass is 9.70. The molecule has 9 heteroatoms. The zero-order valence-electron chi connectivity index (χ0n) is 20.0. The Hall–Kier alpha value is -3.62. The van der Waals surface area contributed by atoms with Gasteiger partial charge in [-0.25, -0.2) is 9.78 Å². The fourth-order valence-corrected chi connectivity index (χ4v) is 5.61. The molecule has 9 nitrogen and oxygen atoms in total. The van der Waals surface area contributed by atoms with Gasteiger partial charge >= 0.3 is 6.09 Å².